The Morgan fingerprint density at radius 1 is 0.899 bits per heavy atom. The average molecular weight is 952 g/mol. The van der Waals surface area contributed by atoms with E-state index in [-0.39, 0.29) is 64.1 Å². The van der Waals surface area contributed by atoms with Crippen molar-refractivity contribution in [3.05, 3.63) is 82.4 Å². The van der Waals surface area contributed by atoms with Gasteiger partial charge in [0.25, 0.3) is 5.91 Å². The molecule has 6 amide bonds. The van der Waals surface area contributed by atoms with E-state index in [1.807, 2.05) is 25.1 Å². The third kappa shape index (κ3) is 15.2. The Balaban J connectivity index is 1.55. The molecule has 69 heavy (non-hydrogen) atoms. The predicted octanol–water partition coefficient (Wildman–Crippen LogP) is 3.02. The number of aryl methyl sites for hydroxylation is 2. The maximum Gasteiger partial charge on any atom is 0.252 e. The summed E-state index contributed by atoms with van der Waals surface area (Å²) in [4.78, 5) is 85.5. The van der Waals surface area contributed by atoms with Crippen LogP contribution in [0.15, 0.2) is 54.6 Å². The minimum Gasteiger partial charge on any atom is -0.492 e. The van der Waals surface area contributed by atoms with Gasteiger partial charge in [0, 0.05) is 49.7 Å². The summed E-state index contributed by atoms with van der Waals surface area (Å²) < 4.78 is 17.5. The van der Waals surface area contributed by atoms with E-state index < -0.39 is 53.7 Å². The Kier molecular flexibility index (Phi) is 20.8. The number of hydrogen-bond donors (Lipinski definition) is 7. The molecule has 2 heterocycles. The number of likely N-dealkylation sites (N-methyl/N-ethyl adjacent to an activating group) is 1. The van der Waals surface area contributed by atoms with Crippen molar-refractivity contribution < 1.29 is 43.0 Å². The molecule has 0 spiro atoms. The van der Waals surface area contributed by atoms with Crippen LogP contribution in [0.5, 0.6) is 11.5 Å². The molecule has 1 fully saturated rings. The molecule has 5 rings (SSSR count). The Morgan fingerprint density at radius 3 is 2.23 bits per heavy atom. The summed E-state index contributed by atoms with van der Waals surface area (Å²) in [6.07, 6.45) is 7.59. The summed E-state index contributed by atoms with van der Waals surface area (Å²) in [6, 6.07) is 12.4. The molecule has 1 saturated heterocycles. The molecule has 18 heteroatoms. The first-order valence-electron chi connectivity index (χ1n) is 24.0. The van der Waals surface area contributed by atoms with Gasteiger partial charge < -0.3 is 57.2 Å². The normalized spacial score (nSPS) is 17.4. The van der Waals surface area contributed by atoms with E-state index in [2.05, 4.69) is 33.5 Å². The fourth-order valence-corrected chi connectivity index (χ4v) is 8.34. The number of fused-ring (bicyclic) bond motifs is 5. The van der Waals surface area contributed by atoms with Crippen molar-refractivity contribution in [1.82, 2.24) is 31.5 Å². The third-order valence-corrected chi connectivity index (χ3v) is 12.2. The van der Waals surface area contributed by atoms with Crippen LogP contribution in [0.3, 0.4) is 0 Å². The van der Waals surface area contributed by atoms with E-state index in [0.29, 0.717) is 52.5 Å². The molecule has 0 saturated carbocycles. The zero-order valence-corrected chi connectivity index (χ0v) is 40.3. The number of nitrogens with one attached hydrogen (secondary N) is 5. The van der Waals surface area contributed by atoms with Crippen molar-refractivity contribution in [2.24, 2.45) is 11.5 Å². The number of nitrogens with two attached hydrogens (primary N) is 2. The minimum atomic E-state index is -1.44. The molecule has 0 unspecified atom stereocenters. The smallest absolute Gasteiger partial charge is 0.252 e. The number of carbonyl (C=O) groups is 6. The zero-order chi connectivity index (χ0) is 49.9. The van der Waals surface area contributed by atoms with E-state index in [9.17, 15) is 29.2 Å². The molecule has 4 bridgehead atoms. The van der Waals surface area contributed by atoms with E-state index in [1.165, 1.54) is 44.6 Å². The Morgan fingerprint density at radius 2 is 1.58 bits per heavy atom. The van der Waals surface area contributed by atoms with E-state index in [0.717, 1.165) is 30.4 Å². The lowest BCUT2D eigenvalue weighted by molar-refractivity contribution is -0.142. The number of amides is 6. The first-order valence-corrected chi connectivity index (χ1v) is 24.0. The highest BCUT2D eigenvalue weighted by Crippen LogP contribution is 2.40. The van der Waals surface area contributed by atoms with Gasteiger partial charge in [-0.1, -0.05) is 63.3 Å². The lowest BCUT2D eigenvalue weighted by Gasteiger charge is -2.33. The average Bonchev–Trinajstić information content (AvgIpc) is 3.32. The highest BCUT2D eigenvalue weighted by molar-refractivity contribution is 6.00. The molecule has 3 aromatic carbocycles. The van der Waals surface area contributed by atoms with Crippen LogP contribution in [0.2, 0.25) is 0 Å². The fourth-order valence-electron chi connectivity index (χ4n) is 8.34. The number of unbranched alkanes of at least 4 members (excludes halogenated alkanes) is 5. The molecule has 0 radical (unpaired) electrons. The lowest BCUT2D eigenvalue weighted by atomic mass is 9.93. The molecule has 2 aliphatic rings. The number of ether oxygens (including phenoxy) is 3. The molecule has 4 atom stereocenters. The summed E-state index contributed by atoms with van der Waals surface area (Å²) in [7, 11) is 1.41. The van der Waals surface area contributed by atoms with Crippen molar-refractivity contribution >= 4 is 35.4 Å². The van der Waals surface area contributed by atoms with Crippen LogP contribution in [-0.2, 0) is 41.6 Å². The van der Waals surface area contributed by atoms with Crippen molar-refractivity contribution in [2.45, 2.75) is 115 Å². The zero-order valence-electron chi connectivity index (χ0n) is 40.3. The first kappa shape index (κ1) is 53.4. The van der Waals surface area contributed by atoms with Crippen LogP contribution < -0.4 is 47.5 Å². The monoisotopic (exact) mass is 952 g/mol. The van der Waals surface area contributed by atoms with Crippen LogP contribution in [0.25, 0.3) is 11.1 Å². The van der Waals surface area contributed by atoms with Crippen LogP contribution in [0, 0.1) is 18.3 Å². The number of benzene rings is 3. The highest BCUT2D eigenvalue weighted by atomic mass is 16.5. The first-order chi connectivity index (χ1) is 33.3. The van der Waals surface area contributed by atoms with Gasteiger partial charge in [-0.15, -0.1) is 0 Å². The van der Waals surface area contributed by atoms with Crippen molar-refractivity contribution in [3.63, 3.8) is 0 Å². The van der Waals surface area contributed by atoms with Gasteiger partial charge in [-0.05, 0) is 85.7 Å². The topological polar surface area (TPSA) is 269 Å². The van der Waals surface area contributed by atoms with Gasteiger partial charge in [0.15, 0.2) is 0 Å². The third-order valence-electron chi connectivity index (χ3n) is 12.2. The number of nitriles is 1. The van der Waals surface area contributed by atoms with E-state index in [4.69, 9.17) is 25.7 Å². The maximum absolute atomic E-state index is 15.0. The van der Waals surface area contributed by atoms with Gasteiger partial charge >= 0.3 is 0 Å². The summed E-state index contributed by atoms with van der Waals surface area (Å²) in [5, 5.41) is 22.9. The van der Waals surface area contributed by atoms with Gasteiger partial charge in [0.2, 0.25) is 29.5 Å². The molecule has 3 aromatic rings. The second kappa shape index (κ2) is 26.9. The van der Waals surface area contributed by atoms with Gasteiger partial charge in [0.1, 0.15) is 55.4 Å². The van der Waals surface area contributed by atoms with Crippen molar-refractivity contribution in [1.29, 1.82) is 5.26 Å². The van der Waals surface area contributed by atoms with Gasteiger partial charge in [-0.25, -0.2) is 0 Å². The number of carbonyl (C=O) groups excluding carboxylic acids is 6. The lowest BCUT2D eigenvalue weighted by Crippen LogP contribution is -2.56. The van der Waals surface area contributed by atoms with Crippen molar-refractivity contribution in [3.8, 4) is 28.7 Å². The predicted molar refractivity (Wildman–Crippen MR) is 260 cm³/mol. The van der Waals surface area contributed by atoms with Crippen molar-refractivity contribution in [2.75, 3.05) is 53.1 Å². The van der Waals surface area contributed by atoms with Gasteiger partial charge in [-0.2, -0.15) is 5.26 Å². The molecule has 9 N–H and O–H groups in total. The molecule has 372 valence electrons. The van der Waals surface area contributed by atoms with Gasteiger partial charge in [-0.3, -0.25) is 28.8 Å². The minimum absolute atomic E-state index is 0.00515. The molecule has 0 aromatic heterocycles. The van der Waals surface area contributed by atoms with Crippen LogP contribution in [0.4, 0.5) is 0 Å². The van der Waals surface area contributed by atoms with Crippen LogP contribution in [0.1, 0.15) is 104 Å². The largest absolute Gasteiger partial charge is 0.492 e. The summed E-state index contributed by atoms with van der Waals surface area (Å²) in [5.41, 5.74) is 15.7. The van der Waals surface area contributed by atoms with E-state index in [1.54, 1.807) is 42.5 Å². The summed E-state index contributed by atoms with van der Waals surface area (Å²) in [6.45, 7) is 6.54. The van der Waals surface area contributed by atoms with Crippen LogP contribution >= 0.6 is 0 Å². The second-order valence-corrected chi connectivity index (χ2v) is 17.6. The highest BCUT2D eigenvalue weighted by Gasteiger charge is 2.37. The SMILES string of the molecule is CCCCCCCCc1ccc(C(=O)N[C@@H](CCC(=O)NC2COC2)C(=O)N(C)[C@@H]2C(=O)N[C@@H](C)C(=O)N[C@H](C(=O)NCC#N)Cc3ccc(OCCN)c(c3)-c3cc2ccc3OCCN)c(C)c1. The fraction of sp³-hybridized carbons (Fsp3) is 0.510. The molecule has 18 nitrogen and oxygen atoms in total. The molecule has 2 aliphatic heterocycles. The molecular weight excluding hydrogens is 883 g/mol. The standard InChI is InChI=1S/C51H69N9O9/c1-5-6-7-8-9-10-11-34-12-15-38(32(2)26-34)48(63)58-41(16-19-45(61)57-37-30-67-31-37)51(66)60(4)46-36-14-18-44(69-25-22-54)40(29-36)39-27-35(13-17-43(39)68-24-21-53)28-42(49(64)55-23-20-52)59-47(62)33(3)56-50(46)65/h12-15,17-18,26-27,29,33,37,41-42,46H,5-11,16,19,21-25,28,30-31,53-54H2,1-4H3,(H,55,64)(H,56,65)(H,57,61)(H,58,63)(H,59,62)/t33-,41-,42-,46-/m0/s1. The Bertz CT molecular complexity index is 2310. The summed E-state index contributed by atoms with van der Waals surface area (Å²) >= 11 is 0. The number of rotatable bonds is 23. The number of nitrogens with zero attached hydrogens (tertiary/aromatic N) is 2. The number of hydrogen-bond acceptors (Lipinski definition) is 12. The van der Waals surface area contributed by atoms with Gasteiger partial charge in [0.05, 0.1) is 25.3 Å². The molecule has 0 aliphatic carbocycles. The maximum atomic E-state index is 15.0. The van der Waals surface area contributed by atoms with Crippen LogP contribution in [-0.4, -0.2) is 118 Å². The molecular formula is C51H69N9O9. The Hall–Kier alpha value is -6.55. The Labute approximate surface area is 404 Å². The van der Waals surface area contributed by atoms with E-state index >= 15 is 4.79 Å². The second-order valence-electron chi connectivity index (χ2n) is 17.6. The summed E-state index contributed by atoms with van der Waals surface area (Å²) in [5.74, 6) is -2.90. The quantitative estimate of drug-likeness (QED) is 0.0534.